The molecule has 17 heavy (non-hydrogen) atoms. The molecule has 0 aliphatic heterocycles. The molecule has 2 N–H and O–H groups in total. The van der Waals surface area contributed by atoms with E-state index in [1.165, 1.54) is 0 Å². The standard InChI is InChI=1S/C13H23N3O/c1-6-13(5,14)8-17-12-15-10(4)7-11(16-12)9(2)3/h7,9H,6,8,14H2,1-5H3. The molecule has 0 saturated carbocycles. The molecule has 96 valence electrons. The van der Waals surface area contributed by atoms with E-state index in [2.05, 4.69) is 23.8 Å². The molecule has 0 saturated heterocycles. The number of ether oxygens (including phenoxy) is 1. The molecule has 4 heteroatoms. The van der Waals surface area contributed by atoms with Gasteiger partial charge < -0.3 is 10.5 Å². The highest BCUT2D eigenvalue weighted by atomic mass is 16.5. The van der Waals surface area contributed by atoms with Crippen molar-refractivity contribution in [2.24, 2.45) is 5.73 Å². The van der Waals surface area contributed by atoms with Crippen molar-refractivity contribution in [1.29, 1.82) is 0 Å². The Bertz CT molecular complexity index is 375. The number of rotatable bonds is 5. The molecule has 1 rings (SSSR count). The third kappa shape index (κ3) is 4.30. The molecule has 0 aromatic carbocycles. The third-order valence-electron chi connectivity index (χ3n) is 2.78. The summed E-state index contributed by atoms with van der Waals surface area (Å²) in [4.78, 5) is 8.65. The highest BCUT2D eigenvalue weighted by Crippen LogP contribution is 2.16. The topological polar surface area (TPSA) is 61.0 Å². The Morgan fingerprint density at radius 2 is 2.06 bits per heavy atom. The average molecular weight is 237 g/mol. The summed E-state index contributed by atoms with van der Waals surface area (Å²) in [5.74, 6) is 0.370. The van der Waals surface area contributed by atoms with Crippen LogP contribution in [0.15, 0.2) is 6.07 Å². The molecule has 1 atom stereocenters. The van der Waals surface area contributed by atoms with Gasteiger partial charge in [-0.3, -0.25) is 0 Å². The first kappa shape index (κ1) is 13.9. The SMILES string of the molecule is CCC(C)(N)COc1nc(C)cc(C(C)C)n1. The van der Waals surface area contributed by atoms with Gasteiger partial charge in [0.25, 0.3) is 0 Å². The second-order valence-corrected chi connectivity index (χ2v) is 5.17. The van der Waals surface area contributed by atoms with Crippen LogP contribution >= 0.6 is 0 Å². The molecule has 1 aromatic rings. The summed E-state index contributed by atoms with van der Waals surface area (Å²) >= 11 is 0. The van der Waals surface area contributed by atoms with Gasteiger partial charge in [-0.25, -0.2) is 4.98 Å². The van der Waals surface area contributed by atoms with E-state index in [1.54, 1.807) is 0 Å². The largest absolute Gasteiger partial charge is 0.462 e. The number of nitrogens with two attached hydrogens (primary N) is 1. The molecule has 0 bridgehead atoms. The van der Waals surface area contributed by atoms with Crippen molar-refractivity contribution in [3.8, 4) is 6.01 Å². The van der Waals surface area contributed by atoms with E-state index in [0.29, 0.717) is 18.5 Å². The van der Waals surface area contributed by atoms with E-state index in [1.807, 2.05) is 26.8 Å². The van der Waals surface area contributed by atoms with E-state index in [9.17, 15) is 0 Å². The van der Waals surface area contributed by atoms with Crippen LogP contribution in [0.5, 0.6) is 6.01 Å². The second kappa shape index (κ2) is 5.45. The zero-order valence-corrected chi connectivity index (χ0v) is 11.4. The first-order chi connectivity index (χ1) is 7.84. The van der Waals surface area contributed by atoms with E-state index >= 15 is 0 Å². The molecule has 0 fully saturated rings. The lowest BCUT2D eigenvalue weighted by molar-refractivity contribution is 0.209. The fraction of sp³-hybridized carbons (Fsp3) is 0.692. The molecule has 0 aliphatic carbocycles. The van der Waals surface area contributed by atoms with Gasteiger partial charge in [-0.15, -0.1) is 0 Å². The molecule has 1 unspecified atom stereocenters. The predicted molar refractivity (Wildman–Crippen MR) is 69.2 cm³/mol. The maximum Gasteiger partial charge on any atom is 0.316 e. The Morgan fingerprint density at radius 1 is 1.41 bits per heavy atom. The van der Waals surface area contributed by atoms with Gasteiger partial charge >= 0.3 is 6.01 Å². The van der Waals surface area contributed by atoms with Crippen molar-refractivity contribution in [3.05, 3.63) is 17.5 Å². The van der Waals surface area contributed by atoms with Crippen LogP contribution in [0.25, 0.3) is 0 Å². The minimum Gasteiger partial charge on any atom is -0.462 e. The Balaban J connectivity index is 2.78. The Labute approximate surface area is 104 Å². The van der Waals surface area contributed by atoms with E-state index in [4.69, 9.17) is 10.5 Å². The molecule has 4 nitrogen and oxygen atoms in total. The molecular formula is C13H23N3O. The smallest absolute Gasteiger partial charge is 0.316 e. The van der Waals surface area contributed by atoms with Crippen LogP contribution in [0.2, 0.25) is 0 Å². The van der Waals surface area contributed by atoms with E-state index in [-0.39, 0.29) is 5.54 Å². The van der Waals surface area contributed by atoms with Crippen LogP contribution in [-0.4, -0.2) is 22.1 Å². The minimum atomic E-state index is -0.328. The highest BCUT2D eigenvalue weighted by Gasteiger charge is 2.17. The van der Waals surface area contributed by atoms with Gasteiger partial charge in [0.05, 0.1) is 5.69 Å². The molecular weight excluding hydrogens is 214 g/mol. The molecule has 0 radical (unpaired) electrons. The molecule has 0 aliphatic rings. The van der Waals surface area contributed by atoms with Crippen molar-refractivity contribution in [2.75, 3.05) is 6.61 Å². The average Bonchev–Trinajstić information content (AvgIpc) is 2.26. The summed E-state index contributed by atoms with van der Waals surface area (Å²) in [7, 11) is 0. The fourth-order valence-corrected chi connectivity index (χ4v) is 1.26. The summed E-state index contributed by atoms with van der Waals surface area (Å²) in [5, 5.41) is 0. The van der Waals surface area contributed by atoms with Gasteiger partial charge in [0.2, 0.25) is 0 Å². The van der Waals surface area contributed by atoms with Crippen molar-refractivity contribution in [3.63, 3.8) is 0 Å². The monoisotopic (exact) mass is 237 g/mol. The number of aryl methyl sites for hydroxylation is 1. The lowest BCUT2D eigenvalue weighted by atomic mass is 10.0. The molecule has 1 aromatic heterocycles. The van der Waals surface area contributed by atoms with Gasteiger partial charge in [0.1, 0.15) is 6.61 Å². The van der Waals surface area contributed by atoms with Crippen LogP contribution in [0.4, 0.5) is 0 Å². The van der Waals surface area contributed by atoms with E-state index in [0.717, 1.165) is 17.8 Å². The quantitative estimate of drug-likeness (QED) is 0.854. The second-order valence-electron chi connectivity index (χ2n) is 5.17. The summed E-state index contributed by atoms with van der Waals surface area (Å²) in [6.07, 6.45) is 0.857. The molecule has 1 heterocycles. The van der Waals surface area contributed by atoms with Gasteiger partial charge in [0.15, 0.2) is 0 Å². The first-order valence-electron chi connectivity index (χ1n) is 6.11. The van der Waals surface area contributed by atoms with Gasteiger partial charge in [0, 0.05) is 11.2 Å². The lowest BCUT2D eigenvalue weighted by Crippen LogP contribution is -2.41. The van der Waals surface area contributed by atoms with Crippen molar-refractivity contribution in [1.82, 2.24) is 9.97 Å². The number of nitrogens with zero attached hydrogens (tertiary/aromatic N) is 2. The van der Waals surface area contributed by atoms with Crippen LogP contribution in [0.3, 0.4) is 0 Å². The number of hydrogen-bond acceptors (Lipinski definition) is 4. The number of hydrogen-bond donors (Lipinski definition) is 1. The Morgan fingerprint density at radius 3 is 2.59 bits per heavy atom. The third-order valence-corrected chi connectivity index (χ3v) is 2.78. The maximum atomic E-state index is 6.02. The van der Waals surface area contributed by atoms with Crippen LogP contribution in [0.1, 0.15) is 51.4 Å². The fourth-order valence-electron chi connectivity index (χ4n) is 1.26. The van der Waals surface area contributed by atoms with Crippen LogP contribution in [0, 0.1) is 6.92 Å². The first-order valence-corrected chi connectivity index (χ1v) is 6.11. The van der Waals surface area contributed by atoms with E-state index < -0.39 is 0 Å². The van der Waals surface area contributed by atoms with Crippen molar-refractivity contribution in [2.45, 2.75) is 52.5 Å². The summed E-state index contributed by atoms with van der Waals surface area (Å²) < 4.78 is 5.59. The van der Waals surface area contributed by atoms with Crippen LogP contribution in [-0.2, 0) is 0 Å². The lowest BCUT2D eigenvalue weighted by Gasteiger charge is -2.22. The molecule has 0 spiro atoms. The zero-order chi connectivity index (χ0) is 13.1. The minimum absolute atomic E-state index is 0.328. The normalized spacial score (nSPS) is 14.8. The summed E-state index contributed by atoms with van der Waals surface area (Å²) in [6, 6.07) is 2.41. The predicted octanol–water partition coefficient (Wildman–Crippen LogP) is 2.41. The zero-order valence-electron chi connectivity index (χ0n) is 11.4. The Hall–Kier alpha value is -1.16. The van der Waals surface area contributed by atoms with Crippen molar-refractivity contribution < 1.29 is 4.74 Å². The Kier molecular flexibility index (Phi) is 4.46. The maximum absolute atomic E-state index is 6.02. The summed E-state index contributed by atoms with van der Waals surface area (Å²) in [5.41, 5.74) is 7.62. The summed E-state index contributed by atoms with van der Waals surface area (Å²) in [6.45, 7) is 10.6. The van der Waals surface area contributed by atoms with Gasteiger partial charge in [-0.1, -0.05) is 20.8 Å². The van der Waals surface area contributed by atoms with Gasteiger partial charge in [-0.2, -0.15) is 4.98 Å². The van der Waals surface area contributed by atoms with Crippen molar-refractivity contribution >= 4 is 0 Å². The number of aromatic nitrogens is 2. The highest BCUT2D eigenvalue weighted by molar-refractivity contribution is 5.15. The molecule has 0 amide bonds. The van der Waals surface area contributed by atoms with Gasteiger partial charge in [-0.05, 0) is 32.3 Å². The van der Waals surface area contributed by atoms with Crippen LogP contribution < -0.4 is 10.5 Å².